The van der Waals surface area contributed by atoms with Gasteiger partial charge in [-0.25, -0.2) is 0 Å². The molecule has 0 aliphatic heterocycles. The third-order valence-corrected chi connectivity index (χ3v) is 5.71. The fourth-order valence-corrected chi connectivity index (χ4v) is 4.09. The lowest BCUT2D eigenvalue weighted by Gasteiger charge is -2.27. The largest absolute Gasteiger partial charge is 0.494 e. The van der Waals surface area contributed by atoms with Crippen LogP contribution in [0.15, 0.2) is 48.5 Å². The van der Waals surface area contributed by atoms with Crippen LogP contribution >= 0.6 is 0 Å². The van der Waals surface area contributed by atoms with Gasteiger partial charge in [-0.15, -0.1) is 0 Å². The first-order chi connectivity index (χ1) is 13.2. The molecule has 0 saturated heterocycles. The number of carbonyl (C=O) groups is 1. The van der Waals surface area contributed by atoms with E-state index >= 15 is 0 Å². The molecule has 1 aliphatic rings. The molecule has 0 aromatic heterocycles. The molecule has 2 nitrogen and oxygen atoms in total. The van der Waals surface area contributed by atoms with Gasteiger partial charge in [0.05, 0.1) is 6.61 Å². The van der Waals surface area contributed by atoms with Gasteiger partial charge in [0.2, 0.25) is 0 Å². The van der Waals surface area contributed by atoms with Crippen LogP contribution in [0.2, 0.25) is 0 Å². The van der Waals surface area contributed by atoms with E-state index in [-0.39, 0.29) is 5.92 Å². The summed E-state index contributed by atoms with van der Waals surface area (Å²) in [4.78, 5) is 12.6. The summed E-state index contributed by atoms with van der Waals surface area (Å²) in [7, 11) is 0. The van der Waals surface area contributed by atoms with Crippen molar-refractivity contribution in [3.63, 3.8) is 0 Å². The second-order valence-corrected chi connectivity index (χ2v) is 7.80. The lowest BCUT2D eigenvalue weighted by molar-refractivity contribution is -0.123. The monoisotopic (exact) mass is 364 g/mol. The number of Topliss-reactive ketones (excluding diaryl/α,β-unsaturated/α-hetero) is 1. The van der Waals surface area contributed by atoms with E-state index in [1.165, 1.54) is 36.0 Å². The first-order valence-electron chi connectivity index (χ1n) is 10.6. The topological polar surface area (TPSA) is 26.3 Å². The van der Waals surface area contributed by atoms with Crippen LogP contribution < -0.4 is 4.74 Å². The average Bonchev–Trinajstić information content (AvgIpc) is 2.69. The average molecular weight is 365 g/mol. The molecule has 0 unspecified atom stereocenters. The van der Waals surface area contributed by atoms with Crippen molar-refractivity contribution >= 4 is 5.78 Å². The molecule has 2 atom stereocenters. The molecule has 1 fully saturated rings. The Hall–Kier alpha value is -2.09. The summed E-state index contributed by atoms with van der Waals surface area (Å²) in [6.07, 6.45) is 7.56. The molecule has 0 amide bonds. The number of hydrogen-bond acceptors (Lipinski definition) is 2. The summed E-state index contributed by atoms with van der Waals surface area (Å²) in [6.45, 7) is 5.15. The Balaban J connectivity index is 1.62. The summed E-state index contributed by atoms with van der Waals surface area (Å²) in [5.74, 6) is 2.07. The highest BCUT2D eigenvalue weighted by Gasteiger charge is 2.29. The van der Waals surface area contributed by atoms with Crippen LogP contribution in [0.25, 0.3) is 11.1 Å². The molecule has 0 radical (unpaired) electrons. The van der Waals surface area contributed by atoms with Crippen molar-refractivity contribution in [2.75, 3.05) is 6.61 Å². The van der Waals surface area contributed by atoms with E-state index in [1.54, 1.807) is 0 Å². The molecule has 1 saturated carbocycles. The Bertz CT molecular complexity index is 715. The summed E-state index contributed by atoms with van der Waals surface area (Å²) >= 11 is 0. The number of unbranched alkanes of at least 4 members (excludes halogenated alkanes) is 1. The standard InChI is InChI=1S/C25H32O2/c1-3-5-17-27-23-14-12-21(13-15-23)20-8-10-22(11-9-20)24-16-7-19(6-4-2)18-25(24)26/h8-15,19,24H,3-7,16-18H2,1-2H3/t19-,24+/m0/s1. The van der Waals surface area contributed by atoms with Crippen LogP contribution in [-0.2, 0) is 4.79 Å². The molecule has 1 aliphatic carbocycles. The van der Waals surface area contributed by atoms with Gasteiger partial charge >= 0.3 is 0 Å². The van der Waals surface area contributed by atoms with Crippen molar-refractivity contribution in [1.82, 2.24) is 0 Å². The molecule has 2 aromatic rings. The zero-order valence-corrected chi connectivity index (χ0v) is 16.7. The van der Waals surface area contributed by atoms with Gasteiger partial charge in [0, 0.05) is 12.3 Å². The van der Waals surface area contributed by atoms with E-state index in [0.29, 0.717) is 11.7 Å². The summed E-state index contributed by atoms with van der Waals surface area (Å²) < 4.78 is 5.74. The molecule has 0 heterocycles. The fourth-order valence-electron chi connectivity index (χ4n) is 4.09. The molecule has 0 spiro atoms. The highest BCUT2D eigenvalue weighted by molar-refractivity contribution is 5.86. The number of benzene rings is 2. The molecule has 27 heavy (non-hydrogen) atoms. The maximum absolute atomic E-state index is 12.6. The van der Waals surface area contributed by atoms with Gasteiger partial charge in [-0.3, -0.25) is 4.79 Å². The zero-order chi connectivity index (χ0) is 19.1. The maximum Gasteiger partial charge on any atom is 0.140 e. The Kier molecular flexibility index (Phi) is 7.09. The van der Waals surface area contributed by atoms with Crippen molar-refractivity contribution in [1.29, 1.82) is 0 Å². The number of carbonyl (C=O) groups excluding carboxylic acids is 1. The molecule has 0 N–H and O–H groups in total. The minimum Gasteiger partial charge on any atom is -0.494 e. The normalized spacial score (nSPS) is 19.9. The van der Waals surface area contributed by atoms with Crippen molar-refractivity contribution in [2.24, 2.45) is 5.92 Å². The molecular weight excluding hydrogens is 332 g/mol. The molecule has 2 aromatic carbocycles. The lowest BCUT2D eigenvalue weighted by Crippen LogP contribution is -2.23. The van der Waals surface area contributed by atoms with Crippen LogP contribution in [0.5, 0.6) is 5.75 Å². The first-order valence-corrected chi connectivity index (χ1v) is 10.6. The van der Waals surface area contributed by atoms with Gasteiger partial charge in [-0.1, -0.05) is 69.5 Å². The molecule has 144 valence electrons. The first kappa shape index (κ1) is 19.7. The summed E-state index contributed by atoms with van der Waals surface area (Å²) in [6, 6.07) is 16.9. The highest BCUT2D eigenvalue weighted by Crippen LogP contribution is 2.35. The van der Waals surface area contributed by atoms with Crippen LogP contribution in [0.1, 0.15) is 70.3 Å². The van der Waals surface area contributed by atoms with Crippen LogP contribution in [0.4, 0.5) is 0 Å². The predicted molar refractivity (Wildman–Crippen MR) is 112 cm³/mol. The van der Waals surface area contributed by atoms with Crippen molar-refractivity contribution in [3.8, 4) is 16.9 Å². The van der Waals surface area contributed by atoms with Crippen LogP contribution in [0.3, 0.4) is 0 Å². The van der Waals surface area contributed by atoms with E-state index in [9.17, 15) is 4.79 Å². The number of ether oxygens (including phenoxy) is 1. The third-order valence-electron chi connectivity index (χ3n) is 5.71. The van der Waals surface area contributed by atoms with Crippen molar-refractivity contribution in [3.05, 3.63) is 54.1 Å². The lowest BCUT2D eigenvalue weighted by atomic mass is 9.76. The van der Waals surface area contributed by atoms with Gasteiger partial charge in [0.25, 0.3) is 0 Å². The van der Waals surface area contributed by atoms with Gasteiger partial charge in [0.15, 0.2) is 0 Å². The van der Waals surface area contributed by atoms with Crippen LogP contribution in [0, 0.1) is 5.92 Å². The van der Waals surface area contributed by atoms with E-state index in [2.05, 4.69) is 50.2 Å². The second kappa shape index (κ2) is 9.73. The minimum absolute atomic E-state index is 0.0986. The van der Waals surface area contributed by atoms with Crippen molar-refractivity contribution in [2.45, 2.75) is 64.7 Å². The van der Waals surface area contributed by atoms with Gasteiger partial charge in [-0.05, 0) is 54.0 Å². The van der Waals surface area contributed by atoms with Crippen LogP contribution in [-0.4, -0.2) is 12.4 Å². The number of ketones is 1. The molecule has 0 bridgehead atoms. The smallest absolute Gasteiger partial charge is 0.140 e. The van der Waals surface area contributed by atoms with Gasteiger partial charge in [0.1, 0.15) is 11.5 Å². The molecular formula is C25H32O2. The van der Waals surface area contributed by atoms with Crippen molar-refractivity contribution < 1.29 is 9.53 Å². The fraction of sp³-hybridized carbons (Fsp3) is 0.480. The SMILES string of the molecule is CCCCOc1ccc(-c2ccc([C@H]3CC[C@H](CCC)CC3=O)cc2)cc1. The van der Waals surface area contributed by atoms with Gasteiger partial charge in [-0.2, -0.15) is 0 Å². The maximum atomic E-state index is 12.6. The Morgan fingerprint density at radius 1 is 0.889 bits per heavy atom. The quantitative estimate of drug-likeness (QED) is 0.482. The zero-order valence-electron chi connectivity index (χ0n) is 16.7. The Labute approximate surface area is 164 Å². The molecule has 3 rings (SSSR count). The van der Waals surface area contributed by atoms with Gasteiger partial charge < -0.3 is 4.74 Å². The summed E-state index contributed by atoms with van der Waals surface area (Å²) in [5, 5.41) is 0. The van der Waals surface area contributed by atoms with E-state index in [4.69, 9.17) is 4.74 Å². The third kappa shape index (κ3) is 5.22. The Morgan fingerprint density at radius 2 is 1.56 bits per heavy atom. The Morgan fingerprint density at radius 3 is 2.15 bits per heavy atom. The number of rotatable bonds is 8. The predicted octanol–water partition coefficient (Wildman–Crippen LogP) is 6.79. The minimum atomic E-state index is 0.0986. The highest BCUT2D eigenvalue weighted by atomic mass is 16.5. The van der Waals surface area contributed by atoms with E-state index in [0.717, 1.165) is 38.0 Å². The van der Waals surface area contributed by atoms with E-state index < -0.39 is 0 Å². The summed E-state index contributed by atoms with van der Waals surface area (Å²) in [5.41, 5.74) is 3.55. The second-order valence-electron chi connectivity index (χ2n) is 7.80. The van der Waals surface area contributed by atoms with E-state index in [1.807, 2.05) is 12.1 Å². The number of hydrogen-bond donors (Lipinski definition) is 0. The molecule has 2 heteroatoms.